The van der Waals surface area contributed by atoms with E-state index in [4.69, 9.17) is 4.74 Å². The van der Waals surface area contributed by atoms with Crippen LogP contribution >= 0.6 is 11.8 Å². The average molecular weight is 356 g/mol. The molecule has 6 nitrogen and oxygen atoms in total. The molecule has 0 saturated heterocycles. The summed E-state index contributed by atoms with van der Waals surface area (Å²) < 4.78 is 5.03. The van der Waals surface area contributed by atoms with Crippen molar-refractivity contribution in [3.8, 4) is 0 Å². The van der Waals surface area contributed by atoms with Gasteiger partial charge in [0, 0.05) is 10.6 Å². The molecule has 0 aromatic heterocycles. The smallest absolute Gasteiger partial charge is 0.338 e. The topological polar surface area (TPSA) is 84.5 Å². The van der Waals surface area contributed by atoms with E-state index in [-0.39, 0.29) is 18.1 Å². The number of nitrogens with one attached hydrogen (secondary N) is 2. The fourth-order valence-corrected chi connectivity index (χ4v) is 3.05. The van der Waals surface area contributed by atoms with E-state index in [9.17, 15) is 14.4 Å². The van der Waals surface area contributed by atoms with Crippen molar-refractivity contribution in [3.05, 3.63) is 53.6 Å². The second-order valence-electron chi connectivity index (χ2n) is 5.54. The van der Waals surface area contributed by atoms with Gasteiger partial charge in [0.2, 0.25) is 5.91 Å². The maximum atomic E-state index is 12.1. The van der Waals surface area contributed by atoms with Crippen LogP contribution in [0.5, 0.6) is 0 Å². The molecule has 0 unspecified atom stereocenters. The predicted molar refractivity (Wildman–Crippen MR) is 95.9 cm³/mol. The molecule has 0 spiro atoms. The zero-order chi connectivity index (χ0) is 17.8. The van der Waals surface area contributed by atoms with Gasteiger partial charge in [-0.05, 0) is 37.3 Å². The Morgan fingerprint density at radius 3 is 2.72 bits per heavy atom. The van der Waals surface area contributed by atoms with Gasteiger partial charge in [0.05, 0.1) is 17.0 Å². The van der Waals surface area contributed by atoms with Crippen LogP contribution in [-0.2, 0) is 14.3 Å². The van der Waals surface area contributed by atoms with E-state index in [1.165, 1.54) is 11.8 Å². The summed E-state index contributed by atoms with van der Waals surface area (Å²) in [5.74, 6) is -0.790. The van der Waals surface area contributed by atoms with Gasteiger partial charge in [-0.1, -0.05) is 17.7 Å². The number of carbonyl (C=O) groups is 3. The van der Waals surface area contributed by atoms with E-state index in [0.29, 0.717) is 17.1 Å². The van der Waals surface area contributed by atoms with Gasteiger partial charge in [-0.15, -0.1) is 11.8 Å². The molecular weight excluding hydrogens is 340 g/mol. The van der Waals surface area contributed by atoms with Gasteiger partial charge >= 0.3 is 5.97 Å². The van der Waals surface area contributed by atoms with E-state index >= 15 is 0 Å². The van der Waals surface area contributed by atoms with Gasteiger partial charge in [0.1, 0.15) is 0 Å². The van der Waals surface area contributed by atoms with E-state index in [1.807, 2.05) is 19.1 Å². The highest BCUT2D eigenvalue weighted by Gasteiger charge is 2.18. The first-order valence-electron chi connectivity index (χ1n) is 7.61. The van der Waals surface area contributed by atoms with E-state index in [1.54, 1.807) is 30.3 Å². The molecule has 0 aliphatic carbocycles. The number of amides is 2. The van der Waals surface area contributed by atoms with Crippen molar-refractivity contribution >= 4 is 40.9 Å². The quantitative estimate of drug-likeness (QED) is 0.823. The van der Waals surface area contributed by atoms with E-state index < -0.39 is 11.9 Å². The largest absolute Gasteiger partial charge is 0.452 e. The predicted octanol–water partition coefficient (Wildman–Crippen LogP) is 2.83. The van der Waals surface area contributed by atoms with Crippen molar-refractivity contribution in [2.45, 2.75) is 11.8 Å². The summed E-state index contributed by atoms with van der Waals surface area (Å²) in [6, 6.07) is 12.2. The molecule has 2 aromatic rings. The Morgan fingerprint density at radius 1 is 1.20 bits per heavy atom. The summed E-state index contributed by atoms with van der Waals surface area (Å²) in [5.41, 5.74) is 2.59. The second kappa shape index (κ2) is 7.40. The lowest BCUT2D eigenvalue weighted by molar-refractivity contribution is -0.119. The van der Waals surface area contributed by atoms with Crippen LogP contribution < -0.4 is 10.6 Å². The molecule has 7 heteroatoms. The van der Waals surface area contributed by atoms with Gasteiger partial charge < -0.3 is 15.4 Å². The zero-order valence-corrected chi connectivity index (χ0v) is 14.3. The van der Waals surface area contributed by atoms with Crippen LogP contribution in [0.4, 0.5) is 11.4 Å². The van der Waals surface area contributed by atoms with Gasteiger partial charge in [0.25, 0.3) is 5.91 Å². The lowest BCUT2D eigenvalue weighted by atomic mass is 10.2. The van der Waals surface area contributed by atoms with Gasteiger partial charge in [-0.2, -0.15) is 0 Å². The summed E-state index contributed by atoms with van der Waals surface area (Å²) in [6.07, 6.45) is 0. The number of fused-ring (bicyclic) bond motifs is 1. The van der Waals surface area contributed by atoms with E-state index in [0.717, 1.165) is 10.5 Å². The fraction of sp³-hybridized carbons (Fsp3) is 0.167. The molecule has 128 valence electrons. The second-order valence-corrected chi connectivity index (χ2v) is 6.56. The van der Waals surface area contributed by atoms with Crippen LogP contribution in [0.3, 0.4) is 0 Å². The number of aryl methyl sites for hydroxylation is 1. The maximum absolute atomic E-state index is 12.1. The minimum atomic E-state index is -0.619. The highest BCUT2D eigenvalue weighted by atomic mass is 32.2. The molecule has 0 bridgehead atoms. The molecule has 1 aliphatic rings. The molecule has 0 radical (unpaired) electrons. The lowest BCUT2D eigenvalue weighted by Gasteiger charge is -2.16. The number of rotatable bonds is 4. The number of esters is 1. The van der Waals surface area contributed by atoms with Gasteiger partial charge in [-0.3, -0.25) is 9.59 Å². The monoisotopic (exact) mass is 356 g/mol. The molecule has 1 heterocycles. The normalized spacial score (nSPS) is 12.8. The number of hydrogen-bond acceptors (Lipinski definition) is 5. The Hall–Kier alpha value is -2.80. The molecule has 0 saturated carbocycles. The van der Waals surface area contributed by atoms with Crippen LogP contribution in [0, 0.1) is 6.92 Å². The Balaban J connectivity index is 1.57. The molecule has 2 aromatic carbocycles. The highest BCUT2D eigenvalue weighted by molar-refractivity contribution is 8.00. The number of thioether (sulfide) groups is 1. The van der Waals surface area contributed by atoms with E-state index in [2.05, 4.69) is 10.6 Å². The minimum absolute atomic E-state index is 0.111. The van der Waals surface area contributed by atoms with Crippen molar-refractivity contribution in [1.29, 1.82) is 0 Å². The molecule has 2 amide bonds. The van der Waals surface area contributed by atoms with Crippen LogP contribution in [0.15, 0.2) is 47.4 Å². The van der Waals surface area contributed by atoms with Crippen LogP contribution in [-0.4, -0.2) is 30.1 Å². The molecule has 1 aliphatic heterocycles. The Morgan fingerprint density at radius 2 is 1.96 bits per heavy atom. The standard InChI is InChI=1S/C18H16N2O4S/c1-11-2-5-13(6-3-11)19-16(21)9-24-18(23)12-4-7-15-14(8-12)20-17(22)10-25-15/h2-8H,9-10H2,1H3,(H,19,21)(H,20,22). The first-order valence-corrected chi connectivity index (χ1v) is 8.60. The van der Waals surface area contributed by atoms with Crippen LogP contribution in [0.25, 0.3) is 0 Å². The number of carbonyl (C=O) groups excluding carboxylic acids is 3. The first-order chi connectivity index (χ1) is 12.0. The molecule has 25 heavy (non-hydrogen) atoms. The number of anilines is 2. The summed E-state index contributed by atoms with van der Waals surface area (Å²) in [6.45, 7) is 1.57. The molecule has 0 fully saturated rings. The van der Waals surface area contributed by atoms with Crippen LogP contribution in [0.1, 0.15) is 15.9 Å². The molecule has 2 N–H and O–H groups in total. The molecular formula is C18H16N2O4S. The zero-order valence-electron chi connectivity index (χ0n) is 13.5. The Kier molecular flexibility index (Phi) is 5.04. The third kappa shape index (κ3) is 4.39. The van der Waals surface area contributed by atoms with Crippen molar-refractivity contribution in [2.24, 2.45) is 0 Å². The average Bonchev–Trinajstić information content (AvgIpc) is 2.61. The molecule has 0 atom stereocenters. The summed E-state index contributed by atoms with van der Waals surface area (Å²) in [4.78, 5) is 36.3. The lowest BCUT2D eigenvalue weighted by Crippen LogP contribution is -2.21. The Bertz CT molecular complexity index is 833. The number of benzene rings is 2. The first kappa shape index (κ1) is 17.0. The van der Waals surface area contributed by atoms with Gasteiger partial charge in [-0.25, -0.2) is 4.79 Å². The summed E-state index contributed by atoms with van der Waals surface area (Å²) in [5, 5.41) is 5.37. The summed E-state index contributed by atoms with van der Waals surface area (Å²) in [7, 11) is 0. The third-order valence-corrected chi connectivity index (χ3v) is 4.59. The van der Waals surface area contributed by atoms with Crippen molar-refractivity contribution in [2.75, 3.05) is 23.0 Å². The number of ether oxygens (including phenoxy) is 1. The van der Waals surface area contributed by atoms with Crippen molar-refractivity contribution in [1.82, 2.24) is 0 Å². The van der Waals surface area contributed by atoms with Crippen LogP contribution in [0.2, 0.25) is 0 Å². The number of hydrogen-bond donors (Lipinski definition) is 2. The van der Waals surface area contributed by atoms with Crippen molar-refractivity contribution < 1.29 is 19.1 Å². The minimum Gasteiger partial charge on any atom is -0.452 e. The SMILES string of the molecule is Cc1ccc(NC(=O)COC(=O)c2ccc3c(c2)NC(=O)CS3)cc1. The summed E-state index contributed by atoms with van der Waals surface area (Å²) >= 11 is 1.41. The Labute approximate surface area is 148 Å². The van der Waals surface area contributed by atoms with Crippen molar-refractivity contribution in [3.63, 3.8) is 0 Å². The third-order valence-electron chi connectivity index (χ3n) is 3.52. The fourth-order valence-electron chi connectivity index (χ4n) is 2.26. The molecule has 3 rings (SSSR count). The maximum Gasteiger partial charge on any atom is 0.338 e. The highest BCUT2D eigenvalue weighted by Crippen LogP contribution is 2.32. The van der Waals surface area contributed by atoms with Gasteiger partial charge in [0.15, 0.2) is 6.61 Å².